The predicted octanol–water partition coefficient (Wildman–Crippen LogP) is 1.10. The zero-order chi connectivity index (χ0) is 8.04. The van der Waals surface area contributed by atoms with E-state index in [1.165, 1.54) is 0 Å². The molecule has 0 radical (unpaired) electrons. The van der Waals surface area contributed by atoms with Gasteiger partial charge in [0.05, 0.1) is 6.61 Å². The Morgan fingerprint density at radius 3 is 2.40 bits per heavy atom. The Kier molecular flexibility index (Phi) is 4.56. The van der Waals surface area contributed by atoms with Gasteiger partial charge in [-0.25, -0.2) is 4.39 Å². The van der Waals surface area contributed by atoms with Crippen LogP contribution in [0.15, 0.2) is 0 Å². The number of hydrogen-bond acceptors (Lipinski definition) is 2. The first-order valence-corrected chi connectivity index (χ1v) is 3.53. The molecule has 0 fully saturated rings. The lowest BCUT2D eigenvalue weighted by molar-refractivity contribution is 0.0901. The van der Waals surface area contributed by atoms with E-state index in [0.29, 0.717) is 26.2 Å². The van der Waals surface area contributed by atoms with Crippen molar-refractivity contribution in [2.24, 2.45) is 5.73 Å². The monoisotopic (exact) mass is 149 g/mol. The van der Waals surface area contributed by atoms with Gasteiger partial charge in [-0.2, -0.15) is 0 Å². The average Bonchev–Trinajstić information content (AvgIpc) is 1.78. The van der Waals surface area contributed by atoms with Crippen molar-refractivity contribution in [1.82, 2.24) is 0 Å². The standard InChI is InChI=1S/C7H16FNO/c1-7(2,8)3-5-10-6-4-9/h3-6,9H2,1-2H3. The summed E-state index contributed by atoms with van der Waals surface area (Å²) >= 11 is 0. The molecule has 0 aliphatic heterocycles. The Morgan fingerprint density at radius 2 is 2.00 bits per heavy atom. The second kappa shape index (κ2) is 4.63. The molecule has 0 saturated carbocycles. The van der Waals surface area contributed by atoms with Gasteiger partial charge in [0.25, 0.3) is 0 Å². The lowest BCUT2D eigenvalue weighted by Gasteiger charge is -2.12. The summed E-state index contributed by atoms with van der Waals surface area (Å²) in [5.41, 5.74) is 4.04. The molecule has 0 aliphatic rings. The van der Waals surface area contributed by atoms with Crippen molar-refractivity contribution in [3.05, 3.63) is 0 Å². The lowest BCUT2D eigenvalue weighted by atomic mass is 10.1. The van der Waals surface area contributed by atoms with Gasteiger partial charge in [0.15, 0.2) is 0 Å². The molecule has 2 N–H and O–H groups in total. The summed E-state index contributed by atoms with van der Waals surface area (Å²) < 4.78 is 17.7. The first-order chi connectivity index (χ1) is 4.56. The Hall–Kier alpha value is -0.150. The van der Waals surface area contributed by atoms with Gasteiger partial charge in [0.2, 0.25) is 0 Å². The minimum Gasteiger partial charge on any atom is -0.380 e. The first kappa shape index (κ1) is 9.85. The van der Waals surface area contributed by atoms with Gasteiger partial charge in [-0.15, -0.1) is 0 Å². The van der Waals surface area contributed by atoms with E-state index in [2.05, 4.69) is 0 Å². The fraction of sp³-hybridized carbons (Fsp3) is 1.00. The molecule has 10 heavy (non-hydrogen) atoms. The molecule has 0 heterocycles. The van der Waals surface area contributed by atoms with Crippen molar-refractivity contribution in [3.63, 3.8) is 0 Å². The van der Waals surface area contributed by atoms with E-state index in [1.54, 1.807) is 13.8 Å². The van der Waals surface area contributed by atoms with Crippen molar-refractivity contribution in [2.75, 3.05) is 19.8 Å². The van der Waals surface area contributed by atoms with Crippen molar-refractivity contribution in [3.8, 4) is 0 Å². The Labute approximate surface area is 61.5 Å². The maximum Gasteiger partial charge on any atom is 0.107 e. The second-order valence-electron chi connectivity index (χ2n) is 2.87. The summed E-state index contributed by atoms with van der Waals surface area (Å²) in [6.07, 6.45) is 0.438. The highest BCUT2D eigenvalue weighted by atomic mass is 19.1. The molecular formula is C7H16FNO. The van der Waals surface area contributed by atoms with E-state index in [4.69, 9.17) is 10.5 Å². The third kappa shape index (κ3) is 7.85. The SMILES string of the molecule is CC(C)(F)CCOCCN. The molecule has 0 aromatic rings. The summed E-state index contributed by atoms with van der Waals surface area (Å²) in [6.45, 7) is 4.57. The van der Waals surface area contributed by atoms with Crippen LogP contribution >= 0.6 is 0 Å². The van der Waals surface area contributed by atoms with E-state index in [1.807, 2.05) is 0 Å². The smallest absolute Gasteiger partial charge is 0.107 e. The molecule has 0 unspecified atom stereocenters. The highest BCUT2D eigenvalue weighted by Gasteiger charge is 2.13. The van der Waals surface area contributed by atoms with Crippen LogP contribution < -0.4 is 5.73 Å². The van der Waals surface area contributed by atoms with Gasteiger partial charge in [-0.05, 0) is 13.8 Å². The summed E-state index contributed by atoms with van der Waals surface area (Å²) in [7, 11) is 0. The van der Waals surface area contributed by atoms with E-state index < -0.39 is 5.67 Å². The summed E-state index contributed by atoms with van der Waals surface area (Å²) in [5, 5.41) is 0. The van der Waals surface area contributed by atoms with Gasteiger partial charge >= 0.3 is 0 Å². The molecule has 0 aromatic heterocycles. The van der Waals surface area contributed by atoms with Crippen LogP contribution in [0.4, 0.5) is 4.39 Å². The van der Waals surface area contributed by atoms with Crippen LogP contribution in [0.25, 0.3) is 0 Å². The Morgan fingerprint density at radius 1 is 1.40 bits per heavy atom. The van der Waals surface area contributed by atoms with Crippen molar-refractivity contribution in [2.45, 2.75) is 25.9 Å². The van der Waals surface area contributed by atoms with E-state index in [0.717, 1.165) is 0 Å². The van der Waals surface area contributed by atoms with Crippen molar-refractivity contribution in [1.29, 1.82) is 0 Å². The minimum atomic E-state index is -1.12. The predicted molar refractivity (Wildman–Crippen MR) is 39.7 cm³/mol. The molecule has 2 nitrogen and oxygen atoms in total. The molecule has 0 amide bonds. The summed E-state index contributed by atoms with van der Waals surface area (Å²) in [4.78, 5) is 0. The van der Waals surface area contributed by atoms with E-state index in [-0.39, 0.29) is 0 Å². The largest absolute Gasteiger partial charge is 0.380 e. The molecule has 0 spiro atoms. The van der Waals surface area contributed by atoms with Crippen LogP contribution in [-0.4, -0.2) is 25.4 Å². The molecule has 0 aromatic carbocycles. The van der Waals surface area contributed by atoms with Gasteiger partial charge in [-0.3, -0.25) is 0 Å². The third-order valence-electron chi connectivity index (χ3n) is 1.10. The Bertz CT molecular complexity index is 80.2. The van der Waals surface area contributed by atoms with Crippen LogP contribution in [0.1, 0.15) is 20.3 Å². The number of ether oxygens (including phenoxy) is 1. The van der Waals surface area contributed by atoms with Gasteiger partial charge in [0, 0.05) is 19.6 Å². The van der Waals surface area contributed by atoms with E-state index >= 15 is 0 Å². The zero-order valence-corrected chi connectivity index (χ0v) is 6.69. The summed E-state index contributed by atoms with van der Waals surface area (Å²) in [6, 6.07) is 0. The molecule has 0 rings (SSSR count). The quantitative estimate of drug-likeness (QED) is 0.594. The fourth-order valence-electron chi connectivity index (χ4n) is 0.500. The highest BCUT2D eigenvalue weighted by molar-refractivity contribution is 4.64. The van der Waals surface area contributed by atoms with Crippen LogP contribution in [0.2, 0.25) is 0 Å². The molecular weight excluding hydrogens is 133 g/mol. The van der Waals surface area contributed by atoms with Crippen LogP contribution in [0.3, 0.4) is 0 Å². The van der Waals surface area contributed by atoms with Crippen LogP contribution in [0, 0.1) is 0 Å². The number of halogens is 1. The zero-order valence-electron chi connectivity index (χ0n) is 6.69. The molecule has 0 bridgehead atoms. The third-order valence-corrected chi connectivity index (χ3v) is 1.10. The number of hydrogen-bond donors (Lipinski definition) is 1. The first-order valence-electron chi connectivity index (χ1n) is 3.53. The lowest BCUT2D eigenvalue weighted by Crippen LogP contribution is -2.17. The average molecular weight is 149 g/mol. The van der Waals surface area contributed by atoms with Crippen LogP contribution in [0.5, 0.6) is 0 Å². The fourth-order valence-corrected chi connectivity index (χ4v) is 0.500. The summed E-state index contributed by atoms with van der Waals surface area (Å²) in [5.74, 6) is 0. The maximum absolute atomic E-state index is 12.7. The molecule has 62 valence electrons. The molecule has 0 saturated heterocycles. The number of alkyl halides is 1. The number of rotatable bonds is 5. The maximum atomic E-state index is 12.7. The molecule has 0 atom stereocenters. The second-order valence-corrected chi connectivity index (χ2v) is 2.87. The van der Waals surface area contributed by atoms with Crippen LogP contribution in [-0.2, 0) is 4.74 Å². The normalized spacial score (nSPS) is 12.0. The van der Waals surface area contributed by atoms with Gasteiger partial charge in [0.1, 0.15) is 5.67 Å². The number of nitrogens with two attached hydrogens (primary N) is 1. The van der Waals surface area contributed by atoms with E-state index in [9.17, 15) is 4.39 Å². The van der Waals surface area contributed by atoms with Crippen molar-refractivity contribution < 1.29 is 9.13 Å². The molecule has 0 aliphatic carbocycles. The Balaban J connectivity index is 3.04. The highest BCUT2D eigenvalue weighted by Crippen LogP contribution is 2.12. The minimum absolute atomic E-state index is 0.438. The molecule has 3 heteroatoms. The van der Waals surface area contributed by atoms with Crippen molar-refractivity contribution >= 4 is 0 Å². The topological polar surface area (TPSA) is 35.2 Å². The van der Waals surface area contributed by atoms with Gasteiger partial charge < -0.3 is 10.5 Å². The van der Waals surface area contributed by atoms with Gasteiger partial charge in [-0.1, -0.05) is 0 Å².